The largest absolute Gasteiger partial charge is 0.483 e. The Balaban J connectivity index is 4.22. The minimum atomic E-state index is -1.48. The van der Waals surface area contributed by atoms with E-state index in [9.17, 15) is 4.79 Å². The second-order valence-corrected chi connectivity index (χ2v) is 4.68. The molecule has 0 aliphatic carbocycles. The lowest BCUT2D eigenvalue weighted by molar-refractivity contribution is 0.0317. The van der Waals surface area contributed by atoms with Crippen LogP contribution in [-0.2, 0) is 4.74 Å². The molecule has 0 aromatic rings. The summed E-state index contributed by atoms with van der Waals surface area (Å²) >= 11 is 0. The number of rotatable bonds is 3. The van der Waals surface area contributed by atoms with Crippen LogP contribution in [0.5, 0.6) is 0 Å². The Morgan fingerprint density at radius 2 is 1.94 bits per heavy atom. The first kappa shape index (κ1) is 15.0. The molecule has 16 heavy (non-hydrogen) atoms. The van der Waals surface area contributed by atoms with Crippen molar-refractivity contribution in [2.75, 3.05) is 13.6 Å². The average Bonchev–Trinajstić information content (AvgIpc) is 2.10. The molecule has 6 heteroatoms. The van der Waals surface area contributed by atoms with Crippen molar-refractivity contribution in [3.05, 3.63) is 11.5 Å². The summed E-state index contributed by atoms with van der Waals surface area (Å²) < 4.78 is 5.12. The molecule has 0 aromatic carbocycles. The molecule has 0 aliphatic heterocycles. The van der Waals surface area contributed by atoms with Crippen molar-refractivity contribution >= 4 is 13.2 Å². The van der Waals surface area contributed by atoms with Crippen LogP contribution in [-0.4, -0.2) is 47.4 Å². The predicted molar refractivity (Wildman–Crippen MR) is 62.8 cm³/mol. The maximum atomic E-state index is 11.5. The van der Waals surface area contributed by atoms with Gasteiger partial charge in [-0.15, -0.1) is 0 Å². The van der Waals surface area contributed by atoms with E-state index in [1.54, 1.807) is 40.8 Å². The van der Waals surface area contributed by atoms with E-state index in [0.717, 1.165) is 0 Å². The lowest BCUT2D eigenvalue weighted by Gasteiger charge is -2.24. The van der Waals surface area contributed by atoms with Crippen LogP contribution in [0.1, 0.15) is 27.7 Å². The van der Waals surface area contributed by atoms with Gasteiger partial charge in [0.05, 0.1) is 0 Å². The van der Waals surface area contributed by atoms with E-state index in [0.29, 0.717) is 5.47 Å². The van der Waals surface area contributed by atoms with Gasteiger partial charge in [-0.1, -0.05) is 6.08 Å². The molecule has 0 atom stereocenters. The maximum Gasteiger partial charge on any atom is 0.483 e. The summed E-state index contributed by atoms with van der Waals surface area (Å²) in [6.07, 6.45) is 1.12. The van der Waals surface area contributed by atoms with Gasteiger partial charge in [-0.25, -0.2) is 4.79 Å². The topological polar surface area (TPSA) is 70.0 Å². The van der Waals surface area contributed by atoms with Gasteiger partial charge in [0, 0.05) is 13.6 Å². The highest BCUT2D eigenvalue weighted by Gasteiger charge is 2.19. The van der Waals surface area contributed by atoms with Crippen molar-refractivity contribution in [3.8, 4) is 0 Å². The van der Waals surface area contributed by atoms with Crippen molar-refractivity contribution in [2.45, 2.75) is 33.3 Å². The highest BCUT2D eigenvalue weighted by atomic mass is 16.6. The summed E-state index contributed by atoms with van der Waals surface area (Å²) in [7, 11) is 0.105. The Labute approximate surface area is 96.9 Å². The number of hydrogen-bond acceptors (Lipinski definition) is 4. The molecule has 2 N–H and O–H groups in total. The molecule has 0 spiro atoms. The molecule has 0 heterocycles. The number of hydrogen-bond donors (Lipinski definition) is 2. The van der Waals surface area contributed by atoms with Crippen molar-refractivity contribution in [1.82, 2.24) is 4.90 Å². The number of carbonyl (C=O) groups is 1. The van der Waals surface area contributed by atoms with Crippen molar-refractivity contribution in [2.24, 2.45) is 0 Å². The summed E-state index contributed by atoms with van der Waals surface area (Å²) in [6.45, 7) is 7.22. The SMILES string of the molecule is C/C(=C\CN(C)C(=O)OC(C)(C)C)B(O)O. The van der Waals surface area contributed by atoms with Crippen LogP contribution in [0.2, 0.25) is 0 Å². The zero-order valence-corrected chi connectivity index (χ0v) is 10.5. The normalized spacial score (nSPS) is 12.3. The minimum absolute atomic E-state index is 0.276. The molecule has 0 unspecified atom stereocenters. The number of amides is 1. The van der Waals surface area contributed by atoms with Gasteiger partial charge in [0.15, 0.2) is 0 Å². The van der Waals surface area contributed by atoms with E-state index >= 15 is 0 Å². The Hall–Kier alpha value is -1.01. The Bertz CT molecular complexity index is 270. The quantitative estimate of drug-likeness (QED) is 0.702. The van der Waals surface area contributed by atoms with Crippen LogP contribution < -0.4 is 0 Å². The van der Waals surface area contributed by atoms with E-state index in [2.05, 4.69) is 0 Å². The molecule has 0 radical (unpaired) electrons. The predicted octanol–water partition coefficient (Wildman–Crippen LogP) is 0.812. The Morgan fingerprint density at radius 1 is 1.44 bits per heavy atom. The fraction of sp³-hybridized carbons (Fsp3) is 0.700. The van der Waals surface area contributed by atoms with Gasteiger partial charge in [0.25, 0.3) is 0 Å². The van der Waals surface area contributed by atoms with Crippen molar-refractivity contribution in [3.63, 3.8) is 0 Å². The molecule has 0 fully saturated rings. The maximum absolute atomic E-state index is 11.5. The Morgan fingerprint density at radius 3 is 2.31 bits per heavy atom. The third kappa shape index (κ3) is 6.47. The summed E-state index contributed by atoms with van der Waals surface area (Å²) in [5.74, 6) is 0. The van der Waals surface area contributed by atoms with E-state index < -0.39 is 18.8 Å². The monoisotopic (exact) mass is 229 g/mol. The molecule has 0 aliphatic rings. The average molecular weight is 229 g/mol. The molecular formula is C10H20BNO4. The van der Waals surface area contributed by atoms with Gasteiger partial charge in [-0.3, -0.25) is 0 Å². The van der Waals surface area contributed by atoms with Gasteiger partial charge in [-0.2, -0.15) is 0 Å². The molecule has 92 valence electrons. The molecule has 0 saturated heterocycles. The van der Waals surface area contributed by atoms with Crippen LogP contribution in [0.15, 0.2) is 11.5 Å². The number of ether oxygens (including phenoxy) is 1. The summed E-state index contributed by atoms with van der Waals surface area (Å²) in [4.78, 5) is 12.8. The van der Waals surface area contributed by atoms with Crippen molar-refractivity contribution in [1.29, 1.82) is 0 Å². The zero-order chi connectivity index (χ0) is 12.9. The molecule has 0 saturated carbocycles. The minimum Gasteiger partial charge on any atom is -0.444 e. The van der Waals surface area contributed by atoms with E-state index in [-0.39, 0.29) is 6.54 Å². The highest BCUT2D eigenvalue weighted by molar-refractivity contribution is 6.50. The fourth-order valence-corrected chi connectivity index (χ4v) is 0.801. The van der Waals surface area contributed by atoms with Gasteiger partial charge >= 0.3 is 13.2 Å². The second-order valence-electron chi connectivity index (χ2n) is 4.68. The van der Waals surface area contributed by atoms with E-state index in [1.807, 2.05) is 0 Å². The molecule has 5 nitrogen and oxygen atoms in total. The van der Waals surface area contributed by atoms with Crippen LogP contribution >= 0.6 is 0 Å². The lowest BCUT2D eigenvalue weighted by Crippen LogP contribution is -2.34. The van der Waals surface area contributed by atoms with Crippen LogP contribution in [0.3, 0.4) is 0 Å². The number of likely N-dealkylation sites (N-methyl/N-ethyl adjacent to an activating group) is 1. The zero-order valence-electron chi connectivity index (χ0n) is 10.5. The summed E-state index contributed by atoms with van der Waals surface area (Å²) in [5, 5.41) is 17.6. The third-order valence-electron chi connectivity index (χ3n) is 1.80. The standard InChI is InChI=1S/C10H20BNO4/c1-8(11(14)15)6-7-12(5)9(13)16-10(2,3)4/h6,14-15H,7H2,1-5H3/b8-6+. The molecule has 0 bridgehead atoms. The van der Waals surface area contributed by atoms with Crippen molar-refractivity contribution < 1.29 is 19.6 Å². The third-order valence-corrected chi connectivity index (χ3v) is 1.80. The van der Waals surface area contributed by atoms with Gasteiger partial charge < -0.3 is 19.7 Å². The van der Waals surface area contributed by atoms with E-state index in [4.69, 9.17) is 14.8 Å². The molecular weight excluding hydrogens is 209 g/mol. The smallest absolute Gasteiger partial charge is 0.444 e. The van der Waals surface area contributed by atoms with Gasteiger partial charge in [-0.05, 0) is 33.2 Å². The first-order chi connectivity index (χ1) is 7.13. The fourth-order valence-electron chi connectivity index (χ4n) is 0.801. The second kappa shape index (κ2) is 5.91. The number of carbonyl (C=O) groups excluding carboxylic acids is 1. The summed E-state index contributed by atoms with van der Waals surface area (Å²) in [6, 6.07) is 0. The number of allylic oxidation sites excluding steroid dienone is 1. The summed E-state index contributed by atoms with van der Waals surface area (Å²) in [5.41, 5.74) is -0.129. The van der Waals surface area contributed by atoms with Crippen LogP contribution in [0.4, 0.5) is 4.79 Å². The van der Waals surface area contributed by atoms with Crippen LogP contribution in [0, 0.1) is 0 Å². The highest BCUT2D eigenvalue weighted by Crippen LogP contribution is 2.09. The van der Waals surface area contributed by atoms with Crippen LogP contribution in [0.25, 0.3) is 0 Å². The van der Waals surface area contributed by atoms with Gasteiger partial charge in [0.2, 0.25) is 0 Å². The Kier molecular flexibility index (Phi) is 5.54. The first-order valence-electron chi connectivity index (χ1n) is 5.10. The van der Waals surface area contributed by atoms with Gasteiger partial charge in [0.1, 0.15) is 5.60 Å². The molecule has 1 amide bonds. The molecule has 0 rings (SSSR count). The lowest BCUT2D eigenvalue weighted by atomic mass is 9.80. The molecule has 0 aromatic heterocycles. The van der Waals surface area contributed by atoms with E-state index in [1.165, 1.54) is 4.90 Å². The first-order valence-corrected chi connectivity index (χ1v) is 5.10. The number of nitrogens with zero attached hydrogens (tertiary/aromatic N) is 1.